The lowest BCUT2D eigenvalue weighted by molar-refractivity contribution is 0.249. The molecule has 4 heteroatoms. The van der Waals surface area contributed by atoms with Gasteiger partial charge >= 0.3 is 0 Å². The lowest BCUT2D eigenvalue weighted by Crippen LogP contribution is -2.54. The molecule has 1 aliphatic heterocycles. The molecule has 1 saturated heterocycles. The first-order chi connectivity index (χ1) is 10.1. The van der Waals surface area contributed by atoms with Gasteiger partial charge in [-0.15, -0.1) is 0 Å². The van der Waals surface area contributed by atoms with Crippen LogP contribution >= 0.6 is 0 Å². The summed E-state index contributed by atoms with van der Waals surface area (Å²) >= 11 is 0. The molecule has 1 aromatic carbocycles. The average molecular weight is 289 g/mol. The molecule has 2 N–H and O–H groups in total. The predicted octanol–water partition coefficient (Wildman–Crippen LogP) is 2.09. The molecule has 0 amide bonds. The third-order valence-corrected chi connectivity index (χ3v) is 5.29. The summed E-state index contributed by atoms with van der Waals surface area (Å²) in [6.07, 6.45) is 3.86. The number of nitrogens with two attached hydrogens (primary N) is 1. The Morgan fingerprint density at radius 3 is 2.52 bits per heavy atom. The van der Waals surface area contributed by atoms with E-state index in [9.17, 15) is 0 Å². The van der Waals surface area contributed by atoms with Crippen LogP contribution in [0.5, 0.6) is 5.75 Å². The van der Waals surface area contributed by atoms with E-state index in [-0.39, 0.29) is 5.54 Å². The molecule has 116 valence electrons. The van der Waals surface area contributed by atoms with Gasteiger partial charge in [0.05, 0.1) is 12.6 Å². The van der Waals surface area contributed by atoms with Gasteiger partial charge in [0.25, 0.3) is 0 Å². The third kappa shape index (κ3) is 2.62. The second kappa shape index (κ2) is 5.50. The van der Waals surface area contributed by atoms with Crippen molar-refractivity contribution in [3.8, 4) is 5.75 Å². The number of anilines is 1. The Balaban J connectivity index is 1.81. The largest absolute Gasteiger partial charge is 0.497 e. The molecule has 4 nitrogen and oxygen atoms in total. The zero-order chi connectivity index (χ0) is 15.0. The van der Waals surface area contributed by atoms with Crippen molar-refractivity contribution in [3.63, 3.8) is 0 Å². The zero-order valence-corrected chi connectivity index (χ0v) is 13.4. The maximum atomic E-state index is 6.22. The van der Waals surface area contributed by atoms with E-state index in [0.29, 0.717) is 12.6 Å². The molecular weight excluding hydrogens is 262 g/mol. The molecule has 2 atom stereocenters. The Morgan fingerprint density at radius 1 is 1.33 bits per heavy atom. The fourth-order valence-electron chi connectivity index (χ4n) is 3.73. The molecule has 2 aliphatic rings. The zero-order valence-electron chi connectivity index (χ0n) is 13.4. The SMILES string of the molecule is COc1ccc(N(C)C2(CN)CC(C)N(C3CC3)C2)cc1. The van der Waals surface area contributed by atoms with Gasteiger partial charge in [-0.1, -0.05) is 0 Å². The van der Waals surface area contributed by atoms with Crippen LogP contribution in [0, 0.1) is 0 Å². The number of likely N-dealkylation sites (N-methyl/N-ethyl adjacent to an activating group) is 1. The second-order valence-electron chi connectivity index (χ2n) is 6.64. The van der Waals surface area contributed by atoms with Crippen molar-refractivity contribution in [3.05, 3.63) is 24.3 Å². The number of likely N-dealkylation sites (tertiary alicyclic amines) is 1. The van der Waals surface area contributed by atoms with Gasteiger partial charge in [0, 0.05) is 37.9 Å². The smallest absolute Gasteiger partial charge is 0.119 e. The highest BCUT2D eigenvalue weighted by atomic mass is 16.5. The first-order valence-electron chi connectivity index (χ1n) is 7.93. The first-order valence-corrected chi connectivity index (χ1v) is 7.93. The summed E-state index contributed by atoms with van der Waals surface area (Å²) in [6, 6.07) is 9.72. The van der Waals surface area contributed by atoms with E-state index >= 15 is 0 Å². The molecule has 1 saturated carbocycles. The highest BCUT2D eigenvalue weighted by Gasteiger charge is 2.48. The van der Waals surface area contributed by atoms with Crippen molar-refractivity contribution in [2.75, 3.05) is 32.1 Å². The summed E-state index contributed by atoms with van der Waals surface area (Å²) in [5, 5.41) is 0. The highest BCUT2D eigenvalue weighted by molar-refractivity contribution is 5.51. The van der Waals surface area contributed by atoms with Gasteiger partial charge in [0.2, 0.25) is 0 Å². The molecular formula is C17H27N3O. The molecule has 0 aromatic heterocycles. The summed E-state index contributed by atoms with van der Waals surface area (Å²) in [6.45, 7) is 4.12. The molecule has 2 fully saturated rings. The van der Waals surface area contributed by atoms with E-state index in [1.807, 2.05) is 12.1 Å². The van der Waals surface area contributed by atoms with E-state index in [1.165, 1.54) is 18.5 Å². The minimum absolute atomic E-state index is 0.0522. The van der Waals surface area contributed by atoms with Crippen molar-refractivity contribution in [1.82, 2.24) is 4.90 Å². The van der Waals surface area contributed by atoms with Gasteiger partial charge < -0.3 is 15.4 Å². The summed E-state index contributed by atoms with van der Waals surface area (Å²) in [5.41, 5.74) is 7.48. The summed E-state index contributed by atoms with van der Waals surface area (Å²) in [4.78, 5) is 5.04. The number of hydrogen-bond donors (Lipinski definition) is 1. The fraction of sp³-hybridized carbons (Fsp3) is 0.647. The van der Waals surface area contributed by atoms with E-state index < -0.39 is 0 Å². The van der Waals surface area contributed by atoms with Crippen LogP contribution in [0.4, 0.5) is 5.69 Å². The normalized spacial score (nSPS) is 29.6. The lowest BCUT2D eigenvalue weighted by Gasteiger charge is -2.40. The monoisotopic (exact) mass is 289 g/mol. The Morgan fingerprint density at radius 2 is 2.00 bits per heavy atom. The van der Waals surface area contributed by atoms with Gasteiger partial charge in [-0.3, -0.25) is 4.90 Å². The van der Waals surface area contributed by atoms with E-state index in [4.69, 9.17) is 10.5 Å². The molecule has 3 rings (SSSR count). The quantitative estimate of drug-likeness (QED) is 0.901. The van der Waals surface area contributed by atoms with Crippen molar-refractivity contribution in [2.24, 2.45) is 5.73 Å². The van der Waals surface area contributed by atoms with Crippen LogP contribution < -0.4 is 15.4 Å². The molecule has 1 aromatic rings. The molecule has 1 heterocycles. The number of nitrogens with zero attached hydrogens (tertiary/aromatic N) is 2. The van der Waals surface area contributed by atoms with E-state index in [0.717, 1.165) is 24.8 Å². The van der Waals surface area contributed by atoms with Crippen molar-refractivity contribution in [2.45, 2.75) is 43.8 Å². The van der Waals surface area contributed by atoms with Crippen molar-refractivity contribution < 1.29 is 4.74 Å². The lowest BCUT2D eigenvalue weighted by atomic mass is 9.94. The number of benzene rings is 1. The van der Waals surface area contributed by atoms with Gasteiger partial charge in [-0.05, 0) is 50.5 Å². The van der Waals surface area contributed by atoms with Crippen molar-refractivity contribution in [1.29, 1.82) is 0 Å². The van der Waals surface area contributed by atoms with Crippen LogP contribution in [0.15, 0.2) is 24.3 Å². The Hall–Kier alpha value is -1.26. The Labute approximate surface area is 127 Å². The average Bonchev–Trinajstić information content (AvgIpc) is 3.30. The number of rotatable bonds is 5. The molecule has 0 radical (unpaired) electrons. The standard InChI is InChI=1S/C17H27N3O/c1-13-10-17(11-18,12-20(13)15-4-5-15)19(2)14-6-8-16(21-3)9-7-14/h6-9,13,15H,4-5,10-12,18H2,1-3H3. The maximum absolute atomic E-state index is 6.22. The number of methoxy groups -OCH3 is 1. The molecule has 0 bridgehead atoms. The Kier molecular flexibility index (Phi) is 3.84. The van der Waals surface area contributed by atoms with Gasteiger partial charge in [-0.2, -0.15) is 0 Å². The number of ether oxygens (including phenoxy) is 1. The summed E-state index contributed by atoms with van der Waals surface area (Å²) in [5.74, 6) is 0.897. The molecule has 0 spiro atoms. The number of hydrogen-bond acceptors (Lipinski definition) is 4. The predicted molar refractivity (Wildman–Crippen MR) is 87.0 cm³/mol. The molecule has 21 heavy (non-hydrogen) atoms. The van der Waals surface area contributed by atoms with Crippen LogP contribution in [0.2, 0.25) is 0 Å². The molecule has 2 unspecified atom stereocenters. The first kappa shape index (κ1) is 14.7. The fourth-order valence-corrected chi connectivity index (χ4v) is 3.73. The van der Waals surface area contributed by atoms with Crippen molar-refractivity contribution >= 4 is 5.69 Å². The van der Waals surface area contributed by atoms with Gasteiger partial charge in [0.15, 0.2) is 0 Å². The summed E-state index contributed by atoms with van der Waals surface area (Å²) in [7, 11) is 3.88. The van der Waals surface area contributed by atoms with Crippen LogP contribution in [-0.2, 0) is 0 Å². The molecule has 1 aliphatic carbocycles. The van der Waals surface area contributed by atoms with E-state index in [2.05, 4.69) is 35.9 Å². The van der Waals surface area contributed by atoms with Gasteiger partial charge in [0.1, 0.15) is 5.75 Å². The van der Waals surface area contributed by atoms with Crippen LogP contribution in [0.3, 0.4) is 0 Å². The van der Waals surface area contributed by atoms with Crippen LogP contribution in [0.1, 0.15) is 26.2 Å². The van der Waals surface area contributed by atoms with Gasteiger partial charge in [-0.25, -0.2) is 0 Å². The Bertz CT molecular complexity index is 485. The van der Waals surface area contributed by atoms with Crippen LogP contribution in [0.25, 0.3) is 0 Å². The van der Waals surface area contributed by atoms with E-state index in [1.54, 1.807) is 7.11 Å². The summed E-state index contributed by atoms with van der Waals surface area (Å²) < 4.78 is 5.25. The minimum atomic E-state index is 0.0522. The second-order valence-corrected chi connectivity index (χ2v) is 6.64. The highest BCUT2D eigenvalue weighted by Crippen LogP contribution is 2.40. The topological polar surface area (TPSA) is 41.7 Å². The minimum Gasteiger partial charge on any atom is -0.497 e. The maximum Gasteiger partial charge on any atom is 0.119 e. The third-order valence-electron chi connectivity index (χ3n) is 5.29. The van der Waals surface area contributed by atoms with Crippen LogP contribution in [-0.4, -0.2) is 49.8 Å².